The first-order valence-electron chi connectivity index (χ1n) is 5.82. The summed E-state index contributed by atoms with van der Waals surface area (Å²) in [7, 11) is 3.37. The number of rotatable bonds is 3. The second-order valence-electron chi connectivity index (χ2n) is 4.12. The Kier molecular flexibility index (Phi) is 3.51. The molecule has 0 amide bonds. The number of carbonyl (C=O) groups excluding carboxylic acids is 1. The van der Waals surface area contributed by atoms with Gasteiger partial charge in [0.25, 0.3) is 11.1 Å². The molecule has 0 radical (unpaired) electrons. The lowest BCUT2D eigenvalue weighted by Crippen LogP contribution is -2.26. The molecule has 0 bridgehead atoms. The van der Waals surface area contributed by atoms with Gasteiger partial charge in [-0.05, 0) is 6.92 Å². The van der Waals surface area contributed by atoms with Crippen LogP contribution in [0, 0.1) is 0 Å². The molecule has 0 saturated carbocycles. The summed E-state index contributed by atoms with van der Waals surface area (Å²) in [4.78, 5) is 49.4. The van der Waals surface area contributed by atoms with E-state index in [0.29, 0.717) is 0 Å². The molecular weight excluding hydrogens is 266 g/mol. The summed E-state index contributed by atoms with van der Waals surface area (Å²) in [5.74, 6) is -0.615. The maximum absolute atomic E-state index is 11.9. The van der Waals surface area contributed by atoms with Gasteiger partial charge in [-0.2, -0.15) is 4.98 Å². The molecule has 2 heterocycles. The first-order valence-corrected chi connectivity index (χ1v) is 5.82. The largest absolute Gasteiger partial charge is 0.461 e. The van der Waals surface area contributed by atoms with Crippen molar-refractivity contribution in [1.82, 2.24) is 19.9 Å². The summed E-state index contributed by atoms with van der Waals surface area (Å²) in [5.41, 5.74) is -1.89. The van der Waals surface area contributed by atoms with E-state index in [1.807, 2.05) is 0 Å². The average Bonchev–Trinajstić information content (AvgIpc) is 2.37. The van der Waals surface area contributed by atoms with Gasteiger partial charge in [-0.3, -0.25) is 14.6 Å². The third kappa shape index (κ3) is 2.37. The summed E-state index contributed by atoms with van der Waals surface area (Å²) in [6.45, 7) is 1.71. The summed E-state index contributed by atoms with van der Waals surface area (Å²) in [6, 6.07) is 0. The van der Waals surface area contributed by atoms with Crippen molar-refractivity contribution in [2.75, 3.05) is 25.6 Å². The Hall–Kier alpha value is -2.71. The molecule has 106 valence electrons. The Labute approximate surface area is 112 Å². The Morgan fingerprint density at radius 3 is 2.50 bits per heavy atom. The molecule has 0 spiro atoms. The number of nitrogens with zero attached hydrogens (tertiary/aromatic N) is 3. The monoisotopic (exact) mass is 279 g/mol. The Morgan fingerprint density at radius 1 is 1.20 bits per heavy atom. The Bertz CT molecular complexity index is 776. The van der Waals surface area contributed by atoms with E-state index in [0.717, 1.165) is 0 Å². The summed E-state index contributed by atoms with van der Waals surface area (Å²) >= 11 is 0. The Balaban J connectivity index is 2.69. The molecule has 2 aromatic heterocycles. The quantitative estimate of drug-likeness (QED) is 0.709. The third-order valence-electron chi connectivity index (χ3n) is 2.45. The zero-order valence-electron chi connectivity index (χ0n) is 11.2. The van der Waals surface area contributed by atoms with Crippen molar-refractivity contribution < 1.29 is 9.53 Å². The van der Waals surface area contributed by atoms with Gasteiger partial charge in [0.2, 0.25) is 11.6 Å². The van der Waals surface area contributed by atoms with Crippen molar-refractivity contribution in [2.45, 2.75) is 6.92 Å². The number of esters is 1. The van der Waals surface area contributed by atoms with E-state index < -0.39 is 22.8 Å². The number of fused-ring (bicyclic) bond motifs is 1. The van der Waals surface area contributed by atoms with Crippen LogP contribution in [0.25, 0.3) is 11.2 Å². The highest BCUT2D eigenvalue weighted by Gasteiger charge is 2.17. The molecule has 0 aromatic carbocycles. The summed E-state index contributed by atoms with van der Waals surface area (Å²) < 4.78 is 4.70. The van der Waals surface area contributed by atoms with Crippen molar-refractivity contribution in [3.8, 4) is 0 Å². The number of hydrogen-bond acceptors (Lipinski definition) is 7. The molecule has 2 N–H and O–H groups in total. The van der Waals surface area contributed by atoms with Crippen LogP contribution < -0.4 is 16.0 Å². The van der Waals surface area contributed by atoms with Crippen molar-refractivity contribution >= 4 is 23.1 Å². The minimum Gasteiger partial charge on any atom is -0.461 e. The van der Waals surface area contributed by atoms with Crippen LogP contribution in [0.2, 0.25) is 0 Å². The van der Waals surface area contributed by atoms with E-state index in [2.05, 4.69) is 19.9 Å². The molecule has 2 aromatic rings. The first-order chi connectivity index (χ1) is 9.43. The number of aromatic nitrogens is 4. The van der Waals surface area contributed by atoms with E-state index >= 15 is 0 Å². The normalized spacial score (nSPS) is 10.6. The van der Waals surface area contributed by atoms with Gasteiger partial charge in [-0.15, -0.1) is 0 Å². The number of ether oxygens (including phenoxy) is 1. The molecule has 0 unspecified atom stereocenters. The lowest BCUT2D eigenvalue weighted by Gasteiger charge is -2.10. The van der Waals surface area contributed by atoms with Gasteiger partial charge in [0.05, 0.1) is 6.61 Å². The number of hydrogen-bond donors (Lipinski definition) is 2. The van der Waals surface area contributed by atoms with E-state index in [9.17, 15) is 14.4 Å². The topological polar surface area (TPSA) is 121 Å². The van der Waals surface area contributed by atoms with Crippen molar-refractivity contribution in [3.63, 3.8) is 0 Å². The minimum absolute atomic E-state index is 0.00972. The van der Waals surface area contributed by atoms with Gasteiger partial charge in [0.15, 0.2) is 11.2 Å². The molecular formula is C11H13N5O4. The van der Waals surface area contributed by atoms with Gasteiger partial charge in [0, 0.05) is 14.1 Å². The van der Waals surface area contributed by atoms with Gasteiger partial charge < -0.3 is 14.6 Å². The predicted molar refractivity (Wildman–Crippen MR) is 71.1 cm³/mol. The molecule has 0 aliphatic heterocycles. The van der Waals surface area contributed by atoms with Crippen molar-refractivity contribution in [3.05, 3.63) is 26.4 Å². The lowest BCUT2D eigenvalue weighted by atomic mass is 10.4. The zero-order chi connectivity index (χ0) is 14.9. The first kappa shape index (κ1) is 13.7. The molecule has 0 aliphatic rings. The van der Waals surface area contributed by atoms with Crippen LogP contribution in [0.15, 0.2) is 9.59 Å². The molecule has 0 atom stereocenters. The number of H-pyrrole nitrogens is 2. The summed E-state index contributed by atoms with van der Waals surface area (Å²) in [5, 5.41) is 0. The number of aromatic amines is 2. The fraction of sp³-hybridized carbons (Fsp3) is 0.364. The molecule has 0 aliphatic carbocycles. The van der Waals surface area contributed by atoms with Gasteiger partial charge in [-0.1, -0.05) is 0 Å². The zero-order valence-corrected chi connectivity index (χ0v) is 11.2. The third-order valence-corrected chi connectivity index (χ3v) is 2.45. The van der Waals surface area contributed by atoms with E-state index in [1.165, 1.54) is 0 Å². The van der Waals surface area contributed by atoms with Crippen molar-refractivity contribution in [1.29, 1.82) is 0 Å². The van der Waals surface area contributed by atoms with Crippen LogP contribution in [-0.4, -0.2) is 46.6 Å². The van der Waals surface area contributed by atoms with Gasteiger partial charge >= 0.3 is 5.97 Å². The smallest absolute Gasteiger partial charge is 0.362 e. The number of nitrogens with one attached hydrogen (secondary N) is 2. The standard InChI is InChI=1S/C11H13N5O4/c1-4-20-10(19)6-9(18)13-7-5(12-6)8(17)15-11(14-7)16(2)3/h4H2,1-3H3,(H2,13,14,15,17,18). The Morgan fingerprint density at radius 2 is 1.90 bits per heavy atom. The van der Waals surface area contributed by atoms with Crippen LogP contribution in [0.4, 0.5) is 5.95 Å². The van der Waals surface area contributed by atoms with Crippen LogP contribution in [0.5, 0.6) is 0 Å². The van der Waals surface area contributed by atoms with E-state index in [4.69, 9.17) is 4.74 Å². The van der Waals surface area contributed by atoms with Gasteiger partial charge in [0.1, 0.15) is 0 Å². The van der Waals surface area contributed by atoms with Crippen LogP contribution in [-0.2, 0) is 4.74 Å². The SMILES string of the molecule is CCOC(=O)c1nc2c(=O)[nH]c(N(C)C)nc2[nH]c1=O. The summed E-state index contributed by atoms with van der Waals surface area (Å²) in [6.07, 6.45) is 0. The highest BCUT2D eigenvalue weighted by atomic mass is 16.5. The molecule has 9 nitrogen and oxygen atoms in total. The van der Waals surface area contributed by atoms with Crippen molar-refractivity contribution in [2.24, 2.45) is 0 Å². The number of carbonyl (C=O) groups is 1. The molecule has 20 heavy (non-hydrogen) atoms. The van der Waals surface area contributed by atoms with Crippen LogP contribution >= 0.6 is 0 Å². The second-order valence-corrected chi connectivity index (χ2v) is 4.12. The highest BCUT2D eigenvalue weighted by molar-refractivity contribution is 5.88. The lowest BCUT2D eigenvalue weighted by molar-refractivity contribution is 0.0517. The molecule has 0 fully saturated rings. The minimum atomic E-state index is -0.883. The average molecular weight is 279 g/mol. The fourth-order valence-electron chi connectivity index (χ4n) is 1.52. The number of anilines is 1. The molecule has 0 saturated heterocycles. The van der Waals surface area contributed by atoms with Crippen LogP contribution in [0.3, 0.4) is 0 Å². The maximum atomic E-state index is 11.9. The van der Waals surface area contributed by atoms with Gasteiger partial charge in [-0.25, -0.2) is 9.78 Å². The predicted octanol–water partition coefficient (Wildman–Crippen LogP) is -0.751. The maximum Gasteiger partial charge on any atom is 0.362 e. The van der Waals surface area contributed by atoms with Crippen LogP contribution in [0.1, 0.15) is 17.4 Å². The molecule has 2 rings (SSSR count). The van der Waals surface area contributed by atoms with E-state index in [1.54, 1.807) is 25.9 Å². The fourth-order valence-corrected chi connectivity index (χ4v) is 1.52. The van der Waals surface area contributed by atoms with E-state index in [-0.39, 0.29) is 23.7 Å². The second kappa shape index (κ2) is 5.11. The molecule has 9 heteroatoms. The highest BCUT2D eigenvalue weighted by Crippen LogP contribution is 2.05.